The molecule has 4 aromatic rings. The van der Waals surface area contributed by atoms with Crippen LogP contribution in [0.25, 0.3) is 16.7 Å². The van der Waals surface area contributed by atoms with Crippen molar-refractivity contribution in [2.24, 2.45) is 0 Å². The number of nitrogens with zero attached hydrogens (tertiary/aromatic N) is 5. The summed E-state index contributed by atoms with van der Waals surface area (Å²) in [7, 11) is 0. The first kappa shape index (κ1) is 16.9. The van der Waals surface area contributed by atoms with Gasteiger partial charge < -0.3 is 19.9 Å². The zero-order valence-corrected chi connectivity index (χ0v) is 15.1. The number of aryl methyl sites for hydroxylation is 1. The summed E-state index contributed by atoms with van der Waals surface area (Å²) in [6.07, 6.45) is 3.40. The van der Waals surface area contributed by atoms with Crippen molar-refractivity contribution in [3.05, 3.63) is 41.9 Å². The SMILES string of the molecule is Cc1cn2cc(Nc3[nH]nc4nc(N5CCNCC5)cc(F)c34)cc(F)c2n1. The van der Waals surface area contributed by atoms with Crippen LogP contribution in [0.1, 0.15) is 5.69 Å². The van der Waals surface area contributed by atoms with Gasteiger partial charge in [-0.2, -0.15) is 5.10 Å². The average molecular weight is 384 g/mol. The average Bonchev–Trinajstić information content (AvgIpc) is 3.26. The number of imidazole rings is 1. The second-order valence-corrected chi connectivity index (χ2v) is 6.81. The van der Waals surface area contributed by atoms with Gasteiger partial charge in [-0.05, 0) is 6.92 Å². The maximum atomic E-state index is 14.9. The molecule has 1 aliphatic rings. The molecule has 0 spiro atoms. The van der Waals surface area contributed by atoms with Crippen LogP contribution in [0.3, 0.4) is 0 Å². The van der Waals surface area contributed by atoms with E-state index in [1.807, 2.05) is 4.90 Å². The van der Waals surface area contributed by atoms with Gasteiger partial charge >= 0.3 is 0 Å². The highest BCUT2D eigenvalue weighted by Crippen LogP contribution is 2.29. The number of nitrogens with one attached hydrogen (secondary N) is 3. The zero-order valence-electron chi connectivity index (χ0n) is 15.1. The second kappa shape index (κ2) is 6.41. The van der Waals surface area contributed by atoms with E-state index in [0.29, 0.717) is 23.0 Å². The Morgan fingerprint density at radius 3 is 2.71 bits per heavy atom. The molecule has 0 aliphatic carbocycles. The maximum absolute atomic E-state index is 14.9. The molecule has 0 aromatic carbocycles. The number of H-pyrrole nitrogens is 1. The Kier molecular flexibility index (Phi) is 3.86. The van der Waals surface area contributed by atoms with Crippen LogP contribution in [-0.2, 0) is 0 Å². The van der Waals surface area contributed by atoms with Crippen LogP contribution in [-0.4, -0.2) is 50.7 Å². The van der Waals surface area contributed by atoms with E-state index >= 15 is 0 Å². The Morgan fingerprint density at radius 2 is 1.89 bits per heavy atom. The van der Waals surface area contributed by atoms with Crippen molar-refractivity contribution in [2.45, 2.75) is 6.92 Å². The lowest BCUT2D eigenvalue weighted by molar-refractivity contribution is 0.581. The molecular formula is C18H18F2N8. The summed E-state index contributed by atoms with van der Waals surface area (Å²) in [5.74, 6) is -0.0235. The number of aromatic nitrogens is 5. The van der Waals surface area contributed by atoms with Crippen molar-refractivity contribution >= 4 is 34.0 Å². The van der Waals surface area contributed by atoms with Crippen LogP contribution >= 0.6 is 0 Å². The Labute approximate surface area is 158 Å². The predicted octanol–water partition coefficient (Wildman–Crippen LogP) is 2.35. The molecule has 10 heteroatoms. The van der Waals surface area contributed by atoms with Gasteiger partial charge in [-0.25, -0.2) is 18.7 Å². The van der Waals surface area contributed by atoms with E-state index in [2.05, 4.69) is 30.8 Å². The Bertz CT molecular complexity index is 1180. The summed E-state index contributed by atoms with van der Waals surface area (Å²) in [6.45, 7) is 4.97. The molecule has 0 saturated carbocycles. The molecule has 0 atom stereocenters. The molecule has 1 fully saturated rings. The molecule has 1 aliphatic heterocycles. The van der Waals surface area contributed by atoms with Gasteiger partial charge in [0, 0.05) is 50.7 Å². The second-order valence-electron chi connectivity index (χ2n) is 6.81. The third-order valence-electron chi connectivity index (χ3n) is 4.80. The van der Waals surface area contributed by atoms with Gasteiger partial charge in [0.25, 0.3) is 0 Å². The fraction of sp³-hybridized carbons (Fsp3) is 0.278. The highest BCUT2D eigenvalue weighted by Gasteiger charge is 2.19. The van der Waals surface area contributed by atoms with E-state index in [4.69, 9.17) is 0 Å². The van der Waals surface area contributed by atoms with Gasteiger partial charge in [-0.1, -0.05) is 0 Å². The summed E-state index contributed by atoms with van der Waals surface area (Å²) in [5.41, 5.74) is 1.67. The summed E-state index contributed by atoms with van der Waals surface area (Å²) < 4.78 is 30.7. The van der Waals surface area contributed by atoms with Crippen molar-refractivity contribution in [1.82, 2.24) is 29.9 Å². The predicted molar refractivity (Wildman–Crippen MR) is 102 cm³/mol. The van der Waals surface area contributed by atoms with Gasteiger partial charge in [0.15, 0.2) is 17.1 Å². The van der Waals surface area contributed by atoms with Crippen LogP contribution in [0.2, 0.25) is 0 Å². The van der Waals surface area contributed by atoms with Crippen LogP contribution in [0.5, 0.6) is 0 Å². The topological polar surface area (TPSA) is 86.2 Å². The molecule has 5 heterocycles. The number of piperazine rings is 1. The molecule has 0 bridgehead atoms. The normalized spacial score (nSPS) is 14.9. The molecule has 3 N–H and O–H groups in total. The molecule has 5 rings (SSSR count). The maximum Gasteiger partial charge on any atom is 0.188 e. The standard InChI is InChI=1S/C18H18F2N8/c1-10-8-28-9-11(6-13(20)18(28)22-10)23-16-15-12(19)7-14(24-17(15)26-25-16)27-4-2-21-3-5-27/h6-9,21H,2-5H2,1H3,(H2,23,24,25,26). The number of anilines is 3. The van der Waals surface area contributed by atoms with Crippen LogP contribution in [0.4, 0.5) is 26.1 Å². The Balaban J connectivity index is 1.51. The van der Waals surface area contributed by atoms with E-state index in [9.17, 15) is 8.78 Å². The number of rotatable bonds is 3. The molecule has 8 nitrogen and oxygen atoms in total. The van der Waals surface area contributed by atoms with Gasteiger partial charge in [-0.15, -0.1) is 0 Å². The minimum absolute atomic E-state index is 0.237. The van der Waals surface area contributed by atoms with Gasteiger partial charge in [0.2, 0.25) is 0 Å². The first-order valence-electron chi connectivity index (χ1n) is 9.00. The lowest BCUT2D eigenvalue weighted by atomic mass is 10.2. The molecule has 0 radical (unpaired) electrons. The van der Waals surface area contributed by atoms with Crippen LogP contribution in [0, 0.1) is 18.6 Å². The largest absolute Gasteiger partial charge is 0.354 e. The Hall–Kier alpha value is -3.27. The van der Waals surface area contributed by atoms with Crippen molar-refractivity contribution in [1.29, 1.82) is 0 Å². The van der Waals surface area contributed by atoms with Gasteiger partial charge in [0.05, 0.1) is 16.8 Å². The lowest BCUT2D eigenvalue weighted by Gasteiger charge is -2.28. The molecule has 4 aromatic heterocycles. The van der Waals surface area contributed by atoms with E-state index in [0.717, 1.165) is 26.2 Å². The van der Waals surface area contributed by atoms with Crippen molar-refractivity contribution < 1.29 is 8.78 Å². The number of pyridine rings is 2. The number of fused-ring (bicyclic) bond motifs is 2. The van der Waals surface area contributed by atoms with Crippen LogP contribution in [0.15, 0.2) is 24.5 Å². The molecule has 0 amide bonds. The zero-order chi connectivity index (χ0) is 19.3. The third kappa shape index (κ3) is 2.82. The highest BCUT2D eigenvalue weighted by atomic mass is 19.1. The minimum Gasteiger partial charge on any atom is -0.354 e. The summed E-state index contributed by atoms with van der Waals surface area (Å²) in [6, 6.07) is 2.73. The van der Waals surface area contributed by atoms with E-state index in [1.165, 1.54) is 12.1 Å². The van der Waals surface area contributed by atoms with Crippen molar-refractivity contribution in [2.75, 3.05) is 36.4 Å². The minimum atomic E-state index is -0.471. The summed E-state index contributed by atoms with van der Waals surface area (Å²) in [5, 5.41) is 13.4. The fourth-order valence-electron chi connectivity index (χ4n) is 3.50. The number of halogens is 2. The number of hydrogen-bond donors (Lipinski definition) is 3. The third-order valence-corrected chi connectivity index (χ3v) is 4.80. The molecule has 28 heavy (non-hydrogen) atoms. The molecule has 0 unspecified atom stereocenters. The molecule has 1 saturated heterocycles. The number of aromatic amines is 1. The van der Waals surface area contributed by atoms with E-state index < -0.39 is 11.6 Å². The van der Waals surface area contributed by atoms with Gasteiger partial charge in [-0.3, -0.25) is 5.10 Å². The van der Waals surface area contributed by atoms with Crippen LogP contribution < -0.4 is 15.5 Å². The quantitative estimate of drug-likeness (QED) is 0.503. The summed E-state index contributed by atoms with van der Waals surface area (Å²) in [4.78, 5) is 10.6. The molecular weight excluding hydrogens is 366 g/mol. The first-order valence-corrected chi connectivity index (χ1v) is 9.00. The number of hydrogen-bond acceptors (Lipinski definition) is 6. The first-order chi connectivity index (χ1) is 13.6. The highest BCUT2D eigenvalue weighted by molar-refractivity contribution is 5.90. The smallest absolute Gasteiger partial charge is 0.188 e. The van der Waals surface area contributed by atoms with Crippen molar-refractivity contribution in [3.63, 3.8) is 0 Å². The lowest BCUT2D eigenvalue weighted by Crippen LogP contribution is -2.43. The van der Waals surface area contributed by atoms with Gasteiger partial charge in [0.1, 0.15) is 17.5 Å². The molecule has 144 valence electrons. The van der Waals surface area contributed by atoms with E-state index in [-0.39, 0.29) is 16.7 Å². The summed E-state index contributed by atoms with van der Waals surface area (Å²) >= 11 is 0. The Morgan fingerprint density at radius 1 is 1.07 bits per heavy atom. The van der Waals surface area contributed by atoms with Crippen molar-refractivity contribution in [3.8, 4) is 0 Å². The fourth-order valence-corrected chi connectivity index (χ4v) is 3.50. The monoisotopic (exact) mass is 384 g/mol. The van der Waals surface area contributed by atoms with E-state index in [1.54, 1.807) is 23.7 Å².